The molecule has 2 N–H and O–H groups in total. The second-order valence-electron chi connectivity index (χ2n) is 4.14. The van der Waals surface area contributed by atoms with E-state index in [1.54, 1.807) is 0 Å². The maximum Gasteiger partial charge on any atom is 0.0678 e. The van der Waals surface area contributed by atoms with Crippen LogP contribution in [0.1, 0.15) is 27.2 Å². The Balaban J connectivity index is 2.32. The van der Waals surface area contributed by atoms with Crippen molar-refractivity contribution >= 4 is 0 Å². The van der Waals surface area contributed by atoms with Crippen molar-refractivity contribution in [1.82, 2.24) is 4.90 Å². The highest BCUT2D eigenvalue weighted by Gasteiger charge is 2.22. The van der Waals surface area contributed by atoms with Crippen LogP contribution in [0.25, 0.3) is 0 Å². The topological polar surface area (TPSA) is 38.5 Å². The Labute approximate surface area is 81.2 Å². The van der Waals surface area contributed by atoms with Crippen LogP contribution in [0.15, 0.2) is 0 Å². The van der Waals surface area contributed by atoms with Gasteiger partial charge in [-0.2, -0.15) is 0 Å². The lowest BCUT2D eigenvalue weighted by atomic mass is 10.2. The van der Waals surface area contributed by atoms with Crippen molar-refractivity contribution < 1.29 is 4.74 Å². The summed E-state index contributed by atoms with van der Waals surface area (Å²) in [7, 11) is 0. The lowest BCUT2D eigenvalue weighted by molar-refractivity contribution is -0.0691. The quantitative estimate of drug-likeness (QED) is 0.709. The number of hydrogen-bond donors (Lipinski definition) is 1. The summed E-state index contributed by atoms with van der Waals surface area (Å²) < 4.78 is 5.65. The molecule has 3 unspecified atom stereocenters. The van der Waals surface area contributed by atoms with Crippen LogP contribution in [0.4, 0.5) is 0 Å². The van der Waals surface area contributed by atoms with E-state index >= 15 is 0 Å². The largest absolute Gasteiger partial charge is 0.373 e. The second kappa shape index (κ2) is 4.94. The summed E-state index contributed by atoms with van der Waals surface area (Å²) in [6.45, 7) is 9.45. The van der Waals surface area contributed by atoms with Crippen molar-refractivity contribution in [3.63, 3.8) is 0 Å². The van der Waals surface area contributed by atoms with Crippen molar-refractivity contribution in [1.29, 1.82) is 0 Å². The molecule has 1 fully saturated rings. The molecule has 0 aromatic carbocycles. The maximum atomic E-state index is 5.91. The van der Waals surface area contributed by atoms with Gasteiger partial charge < -0.3 is 10.5 Å². The third-order valence-corrected chi connectivity index (χ3v) is 2.51. The monoisotopic (exact) mass is 186 g/mol. The summed E-state index contributed by atoms with van der Waals surface area (Å²) in [4.78, 5) is 2.41. The fourth-order valence-corrected chi connectivity index (χ4v) is 1.89. The third-order valence-electron chi connectivity index (χ3n) is 2.51. The molecule has 1 rings (SSSR count). The van der Waals surface area contributed by atoms with E-state index in [1.165, 1.54) is 0 Å². The average molecular weight is 186 g/mol. The first-order valence-corrected chi connectivity index (χ1v) is 5.25. The molecule has 3 heteroatoms. The van der Waals surface area contributed by atoms with Crippen LogP contribution in [0.2, 0.25) is 0 Å². The molecule has 0 aromatic rings. The summed E-state index contributed by atoms with van der Waals surface area (Å²) in [6, 6.07) is 0.317. The molecule has 1 aliphatic rings. The second-order valence-corrected chi connectivity index (χ2v) is 4.14. The first-order valence-electron chi connectivity index (χ1n) is 5.25. The third kappa shape index (κ3) is 3.63. The number of rotatable bonds is 3. The Hall–Kier alpha value is -0.120. The molecular weight excluding hydrogens is 164 g/mol. The molecule has 1 aliphatic heterocycles. The minimum Gasteiger partial charge on any atom is -0.373 e. The van der Waals surface area contributed by atoms with Crippen molar-refractivity contribution in [3.05, 3.63) is 0 Å². The number of nitrogens with zero attached hydrogens (tertiary/aromatic N) is 1. The van der Waals surface area contributed by atoms with E-state index < -0.39 is 0 Å². The Morgan fingerprint density at radius 3 is 2.38 bits per heavy atom. The van der Waals surface area contributed by atoms with E-state index in [4.69, 9.17) is 10.5 Å². The lowest BCUT2D eigenvalue weighted by Crippen LogP contribution is -2.49. The van der Waals surface area contributed by atoms with Crippen molar-refractivity contribution in [2.24, 2.45) is 5.73 Å². The molecule has 0 spiro atoms. The van der Waals surface area contributed by atoms with Gasteiger partial charge in [0.25, 0.3) is 0 Å². The molecule has 78 valence electrons. The van der Waals surface area contributed by atoms with Gasteiger partial charge in [0.15, 0.2) is 0 Å². The summed E-state index contributed by atoms with van der Waals surface area (Å²) in [5.74, 6) is 0. The van der Waals surface area contributed by atoms with E-state index in [2.05, 4.69) is 25.7 Å². The fourth-order valence-electron chi connectivity index (χ4n) is 1.89. The zero-order chi connectivity index (χ0) is 9.84. The van der Waals surface area contributed by atoms with Crippen LogP contribution >= 0.6 is 0 Å². The number of morpholine rings is 1. The SMILES string of the molecule is CCC(N)CN1CC(C)OC(C)C1. The zero-order valence-corrected chi connectivity index (χ0v) is 8.99. The minimum atomic E-state index is 0.317. The normalized spacial score (nSPS) is 33.2. The van der Waals surface area contributed by atoms with Gasteiger partial charge in [-0.1, -0.05) is 6.92 Å². The molecule has 3 nitrogen and oxygen atoms in total. The summed E-state index contributed by atoms with van der Waals surface area (Å²) in [6.07, 6.45) is 1.76. The maximum absolute atomic E-state index is 5.91. The van der Waals surface area contributed by atoms with Crippen LogP contribution in [0.5, 0.6) is 0 Å². The highest BCUT2D eigenvalue weighted by Crippen LogP contribution is 2.10. The molecule has 0 aliphatic carbocycles. The standard InChI is InChI=1S/C10H22N2O/c1-4-10(11)7-12-5-8(2)13-9(3)6-12/h8-10H,4-7,11H2,1-3H3. The summed E-state index contributed by atoms with van der Waals surface area (Å²) in [5, 5.41) is 0. The molecule has 0 radical (unpaired) electrons. The molecule has 13 heavy (non-hydrogen) atoms. The Morgan fingerprint density at radius 1 is 1.38 bits per heavy atom. The highest BCUT2D eigenvalue weighted by molar-refractivity contribution is 4.76. The Morgan fingerprint density at radius 2 is 1.92 bits per heavy atom. The number of hydrogen-bond acceptors (Lipinski definition) is 3. The Kier molecular flexibility index (Phi) is 4.16. The van der Waals surface area contributed by atoms with E-state index in [0.29, 0.717) is 18.2 Å². The number of ether oxygens (including phenoxy) is 1. The van der Waals surface area contributed by atoms with Gasteiger partial charge in [0.2, 0.25) is 0 Å². The van der Waals surface area contributed by atoms with Gasteiger partial charge in [-0.25, -0.2) is 0 Å². The zero-order valence-electron chi connectivity index (χ0n) is 8.99. The first-order chi connectivity index (χ1) is 6.11. The van der Waals surface area contributed by atoms with E-state index in [9.17, 15) is 0 Å². The molecular formula is C10H22N2O. The fraction of sp³-hybridized carbons (Fsp3) is 1.00. The molecule has 1 heterocycles. The van der Waals surface area contributed by atoms with Crippen molar-refractivity contribution in [2.75, 3.05) is 19.6 Å². The van der Waals surface area contributed by atoms with Gasteiger partial charge in [-0.05, 0) is 20.3 Å². The van der Waals surface area contributed by atoms with Crippen LogP contribution in [-0.4, -0.2) is 42.8 Å². The first kappa shape index (κ1) is 11.0. The average Bonchev–Trinajstić information content (AvgIpc) is 2.02. The van der Waals surface area contributed by atoms with E-state index in [-0.39, 0.29) is 0 Å². The molecule has 0 bridgehead atoms. The molecule has 0 saturated carbocycles. The van der Waals surface area contributed by atoms with E-state index in [1.807, 2.05) is 0 Å². The summed E-state index contributed by atoms with van der Waals surface area (Å²) in [5.41, 5.74) is 5.91. The van der Waals surface area contributed by atoms with Crippen LogP contribution in [-0.2, 0) is 4.74 Å². The van der Waals surface area contributed by atoms with Crippen molar-refractivity contribution in [2.45, 2.75) is 45.4 Å². The van der Waals surface area contributed by atoms with Gasteiger partial charge in [0.05, 0.1) is 12.2 Å². The Bertz CT molecular complexity index is 142. The smallest absolute Gasteiger partial charge is 0.0678 e. The van der Waals surface area contributed by atoms with Gasteiger partial charge in [-0.3, -0.25) is 4.90 Å². The molecule has 3 atom stereocenters. The lowest BCUT2D eigenvalue weighted by Gasteiger charge is -2.36. The summed E-state index contributed by atoms with van der Waals surface area (Å²) >= 11 is 0. The predicted molar refractivity (Wildman–Crippen MR) is 54.7 cm³/mol. The van der Waals surface area contributed by atoms with Gasteiger partial charge in [-0.15, -0.1) is 0 Å². The van der Waals surface area contributed by atoms with Crippen LogP contribution in [0, 0.1) is 0 Å². The minimum absolute atomic E-state index is 0.317. The molecule has 1 saturated heterocycles. The van der Waals surface area contributed by atoms with Crippen LogP contribution in [0.3, 0.4) is 0 Å². The van der Waals surface area contributed by atoms with Crippen molar-refractivity contribution in [3.8, 4) is 0 Å². The van der Waals surface area contributed by atoms with Gasteiger partial charge in [0.1, 0.15) is 0 Å². The van der Waals surface area contributed by atoms with Gasteiger partial charge >= 0.3 is 0 Å². The highest BCUT2D eigenvalue weighted by atomic mass is 16.5. The van der Waals surface area contributed by atoms with Gasteiger partial charge in [0, 0.05) is 25.7 Å². The molecule has 0 amide bonds. The molecule has 0 aromatic heterocycles. The predicted octanol–water partition coefficient (Wildman–Crippen LogP) is 0.833. The number of nitrogens with two attached hydrogens (primary N) is 1. The van der Waals surface area contributed by atoms with E-state index in [0.717, 1.165) is 26.1 Å². The van der Waals surface area contributed by atoms with Crippen LogP contribution < -0.4 is 5.73 Å².